The Balaban J connectivity index is 2.27. The number of allylic oxidation sites excluding steroid dienone is 4. The quantitative estimate of drug-likeness (QED) is 0.198. The average molecular weight is 393 g/mol. The first-order chi connectivity index (χ1) is 13.5. The SMILES string of the molecule is CCCCC/C=C\C[C@H]1OC(C)(C)O[C@@H]1C/C=C\C/C=C\CCCC(=O)OC. The van der Waals surface area contributed by atoms with Crippen LogP contribution in [0.25, 0.3) is 0 Å². The van der Waals surface area contributed by atoms with Crippen molar-refractivity contribution >= 4 is 5.97 Å². The Morgan fingerprint density at radius 3 is 2.11 bits per heavy atom. The molecule has 0 aromatic heterocycles. The Bertz CT molecular complexity index is 505. The van der Waals surface area contributed by atoms with E-state index in [1.165, 1.54) is 26.4 Å². The standard InChI is InChI=1S/C24H40O4/c1-5-6-7-8-12-15-18-21-22(28-24(2,3)27-21)19-16-13-10-9-11-14-17-20-23(25)26-4/h9,11-13,15-16,21-22H,5-8,10,14,17-20H2,1-4H3/b11-9-,15-12-,16-13-/t21-,22-/m1/s1. The minimum Gasteiger partial charge on any atom is -0.469 e. The van der Waals surface area contributed by atoms with E-state index in [-0.39, 0.29) is 18.2 Å². The Hall–Kier alpha value is -1.39. The van der Waals surface area contributed by atoms with Gasteiger partial charge < -0.3 is 14.2 Å². The predicted octanol–water partition coefficient (Wildman–Crippen LogP) is 6.27. The molecule has 1 saturated heterocycles. The largest absolute Gasteiger partial charge is 0.469 e. The zero-order valence-electron chi connectivity index (χ0n) is 18.3. The molecule has 160 valence electrons. The summed E-state index contributed by atoms with van der Waals surface area (Å²) in [5.41, 5.74) is 0. The predicted molar refractivity (Wildman–Crippen MR) is 115 cm³/mol. The first-order valence-electron chi connectivity index (χ1n) is 10.9. The summed E-state index contributed by atoms with van der Waals surface area (Å²) in [4.78, 5) is 11.0. The van der Waals surface area contributed by atoms with Crippen LogP contribution in [0.15, 0.2) is 36.5 Å². The molecule has 0 N–H and O–H groups in total. The summed E-state index contributed by atoms with van der Waals surface area (Å²) in [6.45, 7) is 6.21. The van der Waals surface area contributed by atoms with E-state index in [0.717, 1.165) is 38.5 Å². The normalized spacial score (nSPS) is 22.0. The maximum absolute atomic E-state index is 11.0. The lowest BCUT2D eigenvalue weighted by Crippen LogP contribution is -2.21. The highest BCUT2D eigenvalue weighted by Gasteiger charge is 2.39. The molecule has 0 aromatic rings. The van der Waals surface area contributed by atoms with Crippen molar-refractivity contribution in [3.05, 3.63) is 36.5 Å². The molecule has 0 spiro atoms. The zero-order chi connectivity index (χ0) is 20.7. The second-order valence-electron chi connectivity index (χ2n) is 7.80. The van der Waals surface area contributed by atoms with E-state index in [9.17, 15) is 4.79 Å². The number of ether oxygens (including phenoxy) is 3. The molecular formula is C24H40O4. The van der Waals surface area contributed by atoms with Gasteiger partial charge in [-0.25, -0.2) is 0 Å². The van der Waals surface area contributed by atoms with E-state index in [1.807, 2.05) is 13.8 Å². The van der Waals surface area contributed by atoms with Crippen LogP contribution >= 0.6 is 0 Å². The van der Waals surface area contributed by atoms with Gasteiger partial charge in [0, 0.05) is 6.42 Å². The van der Waals surface area contributed by atoms with Crippen LogP contribution in [0.2, 0.25) is 0 Å². The van der Waals surface area contributed by atoms with Crippen molar-refractivity contribution in [1.29, 1.82) is 0 Å². The van der Waals surface area contributed by atoms with Crippen LogP contribution in [0.4, 0.5) is 0 Å². The summed E-state index contributed by atoms with van der Waals surface area (Å²) in [5.74, 6) is -0.640. The van der Waals surface area contributed by atoms with Crippen molar-refractivity contribution in [3.8, 4) is 0 Å². The number of hydrogen-bond acceptors (Lipinski definition) is 4. The molecule has 0 amide bonds. The van der Waals surface area contributed by atoms with Gasteiger partial charge in [-0.1, -0.05) is 56.2 Å². The summed E-state index contributed by atoms with van der Waals surface area (Å²) >= 11 is 0. The van der Waals surface area contributed by atoms with Gasteiger partial charge in [0.05, 0.1) is 19.3 Å². The minimum absolute atomic E-state index is 0.107. The minimum atomic E-state index is -0.501. The van der Waals surface area contributed by atoms with Gasteiger partial charge in [0.15, 0.2) is 5.79 Å². The van der Waals surface area contributed by atoms with Crippen LogP contribution in [-0.2, 0) is 19.0 Å². The van der Waals surface area contributed by atoms with Crippen molar-refractivity contribution in [2.24, 2.45) is 0 Å². The molecule has 4 heteroatoms. The van der Waals surface area contributed by atoms with Gasteiger partial charge >= 0.3 is 5.97 Å². The van der Waals surface area contributed by atoms with Crippen molar-refractivity contribution < 1.29 is 19.0 Å². The smallest absolute Gasteiger partial charge is 0.305 e. The highest BCUT2D eigenvalue weighted by molar-refractivity contribution is 5.69. The fraction of sp³-hybridized carbons (Fsp3) is 0.708. The van der Waals surface area contributed by atoms with Crippen LogP contribution < -0.4 is 0 Å². The topological polar surface area (TPSA) is 44.8 Å². The fourth-order valence-electron chi connectivity index (χ4n) is 3.25. The summed E-state index contributed by atoms with van der Waals surface area (Å²) in [7, 11) is 1.43. The number of methoxy groups -OCH3 is 1. The van der Waals surface area contributed by atoms with Crippen molar-refractivity contribution in [1.82, 2.24) is 0 Å². The monoisotopic (exact) mass is 392 g/mol. The molecule has 4 nitrogen and oxygen atoms in total. The van der Waals surface area contributed by atoms with E-state index < -0.39 is 5.79 Å². The Labute approximate surface area is 172 Å². The Morgan fingerprint density at radius 2 is 1.46 bits per heavy atom. The molecule has 0 radical (unpaired) electrons. The number of carbonyl (C=O) groups excluding carboxylic acids is 1. The van der Waals surface area contributed by atoms with E-state index in [2.05, 4.69) is 48.1 Å². The molecule has 0 aliphatic carbocycles. The second-order valence-corrected chi connectivity index (χ2v) is 7.80. The molecule has 1 rings (SSSR count). The number of rotatable bonds is 14. The first-order valence-corrected chi connectivity index (χ1v) is 10.9. The molecule has 1 aliphatic heterocycles. The second kappa shape index (κ2) is 14.6. The zero-order valence-corrected chi connectivity index (χ0v) is 18.3. The fourth-order valence-corrected chi connectivity index (χ4v) is 3.25. The van der Waals surface area contributed by atoms with Gasteiger partial charge in [-0.15, -0.1) is 0 Å². The van der Waals surface area contributed by atoms with Crippen LogP contribution in [-0.4, -0.2) is 31.1 Å². The number of unbranched alkanes of at least 4 members (excludes halogenated alkanes) is 4. The third-order valence-corrected chi connectivity index (χ3v) is 4.75. The molecule has 0 unspecified atom stereocenters. The van der Waals surface area contributed by atoms with Gasteiger partial charge in [0.25, 0.3) is 0 Å². The molecule has 0 saturated carbocycles. The summed E-state index contributed by atoms with van der Waals surface area (Å²) in [6, 6.07) is 0. The van der Waals surface area contributed by atoms with Crippen LogP contribution in [0.5, 0.6) is 0 Å². The highest BCUT2D eigenvalue weighted by atomic mass is 16.7. The van der Waals surface area contributed by atoms with E-state index in [4.69, 9.17) is 9.47 Å². The third-order valence-electron chi connectivity index (χ3n) is 4.75. The number of esters is 1. The van der Waals surface area contributed by atoms with Gasteiger partial charge in [-0.05, 0) is 58.8 Å². The highest BCUT2D eigenvalue weighted by Crippen LogP contribution is 2.32. The summed E-state index contributed by atoms with van der Waals surface area (Å²) in [5, 5.41) is 0. The van der Waals surface area contributed by atoms with Gasteiger partial charge in [0.1, 0.15) is 0 Å². The molecule has 1 fully saturated rings. The maximum atomic E-state index is 11.0. The summed E-state index contributed by atoms with van der Waals surface area (Å²) in [6.07, 6.45) is 23.3. The Morgan fingerprint density at radius 1 is 0.893 bits per heavy atom. The first kappa shape index (κ1) is 24.6. The molecule has 0 aromatic carbocycles. The van der Waals surface area contributed by atoms with Crippen LogP contribution in [0, 0.1) is 0 Å². The van der Waals surface area contributed by atoms with Gasteiger partial charge in [-0.3, -0.25) is 4.79 Å². The lowest BCUT2D eigenvalue weighted by molar-refractivity contribution is -0.145. The lowest BCUT2D eigenvalue weighted by atomic mass is 10.1. The van der Waals surface area contributed by atoms with Crippen molar-refractivity contribution in [2.75, 3.05) is 7.11 Å². The van der Waals surface area contributed by atoms with Gasteiger partial charge in [0.2, 0.25) is 0 Å². The molecule has 0 bridgehead atoms. The Kier molecular flexibility index (Phi) is 12.8. The number of hydrogen-bond donors (Lipinski definition) is 0. The van der Waals surface area contributed by atoms with E-state index in [1.54, 1.807) is 0 Å². The summed E-state index contributed by atoms with van der Waals surface area (Å²) < 4.78 is 16.8. The molecule has 28 heavy (non-hydrogen) atoms. The van der Waals surface area contributed by atoms with E-state index >= 15 is 0 Å². The third kappa shape index (κ3) is 11.5. The lowest BCUT2D eigenvalue weighted by Gasteiger charge is -2.16. The van der Waals surface area contributed by atoms with Crippen LogP contribution in [0.1, 0.15) is 85.0 Å². The van der Waals surface area contributed by atoms with E-state index in [0.29, 0.717) is 6.42 Å². The molecule has 1 aliphatic rings. The van der Waals surface area contributed by atoms with Gasteiger partial charge in [-0.2, -0.15) is 0 Å². The average Bonchev–Trinajstić information content (AvgIpc) is 2.96. The van der Waals surface area contributed by atoms with Crippen molar-refractivity contribution in [3.63, 3.8) is 0 Å². The van der Waals surface area contributed by atoms with Crippen LogP contribution in [0.3, 0.4) is 0 Å². The number of carbonyl (C=O) groups is 1. The molecular weight excluding hydrogens is 352 g/mol. The molecule has 1 heterocycles. The maximum Gasteiger partial charge on any atom is 0.305 e. The molecule has 2 atom stereocenters. The van der Waals surface area contributed by atoms with Crippen molar-refractivity contribution in [2.45, 2.75) is 103 Å².